The summed E-state index contributed by atoms with van der Waals surface area (Å²) in [6, 6.07) is 17.5. The normalized spacial score (nSPS) is 15.6. The molecule has 0 saturated heterocycles. The first-order valence-electron chi connectivity index (χ1n) is 10.6. The number of para-hydroxylation sites is 1. The molecule has 0 amide bonds. The summed E-state index contributed by atoms with van der Waals surface area (Å²) in [6.07, 6.45) is 14.3. The topological polar surface area (TPSA) is 37.2 Å². The van der Waals surface area contributed by atoms with Gasteiger partial charge in [0.1, 0.15) is 11.5 Å². The Morgan fingerprint density at radius 3 is 2.43 bits per heavy atom. The van der Waals surface area contributed by atoms with Gasteiger partial charge in [0, 0.05) is 37.8 Å². The molecule has 1 aliphatic rings. The van der Waals surface area contributed by atoms with Gasteiger partial charge in [0.05, 0.1) is 5.70 Å². The molecule has 0 atom stereocenters. The van der Waals surface area contributed by atoms with Crippen LogP contribution in [0.2, 0.25) is 0 Å². The van der Waals surface area contributed by atoms with E-state index in [-0.39, 0.29) is 0 Å². The molecule has 0 unspecified atom stereocenters. The van der Waals surface area contributed by atoms with Crippen LogP contribution < -0.4 is 4.74 Å². The van der Waals surface area contributed by atoms with Gasteiger partial charge in [0.25, 0.3) is 0 Å². The second-order valence-corrected chi connectivity index (χ2v) is 7.69. The van der Waals surface area contributed by atoms with Crippen molar-refractivity contribution in [3.05, 3.63) is 78.6 Å². The SMILES string of the molecule is C=N/C(=C/C=N\C=C/N(C)CC1CCCCC1)c1ccc(Oc2ccccc2)cc1. The molecule has 0 bridgehead atoms. The van der Waals surface area contributed by atoms with Gasteiger partial charge in [-0.3, -0.25) is 9.98 Å². The van der Waals surface area contributed by atoms with Crippen LogP contribution in [-0.2, 0) is 0 Å². The Kier molecular flexibility index (Phi) is 8.46. The summed E-state index contributed by atoms with van der Waals surface area (Å²) in [6.45, 7) is 4.79. The Morgan fingerprint density at radius 1 is 1.03 bits per heavy atom. The second-order valence-electron chi connectivity index (χ2n) is 7.69. The number of hydrogen-bond acceptors (Lipinski definition) is 4. The number of hydrogen-bond donors (Lipinski definition) is 0. The largest absolute Gasteiger partial charge is 0.457 e. The van der Waals surface area contributed by atoms with Crippen molar-refractivity contribution in [2.75, 3.05) is 13.6 Å². The fraction of sp³-hybridized carbons (Fsp3) is 0.308. The van der Waals surface area contributed by atoms with Gasteiger partial charge < -0.3 is 9.64 Å². The highest BCUT2D eigenvalue weighted by Gasteiger charge is 2.13. The highest BCUT2D eigenvalue weighted by molar-refractivity contribution is 5.85. The van der Waals surface area contributed by atoms with E-state index in [2.05, 4.69) is 28.6 Å². The number of aliphatic imine (C=N–C) groups is 2. The van der Waals surface area contributed by atoms with Crippen molar-refractivity contribution in [3.63, 3.8) is 0 Å². The third-order valence-electron chi connectivity index (χ3n) is 5.30. The molecule has 0 aliphatic heterocycles. The van der Waals surface area contributed by atoms with Crippen LogP contribution >= 0.6 is 0 Å². The molecule has 1 aliphatic carbocycles. The van der Waals surface area contributed by atoms with Crippen molar-refractivity contribution in [2.24, 2.45) is 15.9 Å². The zero-order chi connectivity index (χ0) is 21.0. The first-order chi connectivity index (χ1) is 14.7. The monoisotopic (exact) mass is 401 g/mol. The third kappa shape index (κ3) is 7.03. The Labute approximate surface area is 180 Å². The Hall–Kier alpha value is -3.14. The highest BCUT2D eigenvalue weighted by Crippen LogP contribution is 2.25. The van der Waals surface area contributed by atoms with Gasteiger partial charge >= 0.3 is 0 Å². The van der Waals surface area contributed by atoms with Crippen molar-refractivity contribution in [2.45, 2.75) is 32.1 Å². The lowest BCUT2D eigenvalue weighted by molar-refractivity contribution is 0.281. The van der Waals surface area contributed by atoms with E-state index in [9.17, 15) is 0 Å². The maximum Gasteiger partial charge on any atom is 0.127 e. The van der Waals surface area contributed by atoms with Crippen molar-refractivity contribution < 1.29 is 4.74 Å². The summed E-state index contributed by atoms with van der Waals surface area (Å²) < 4.78 is 5.83. The molecule has 1 fully saturated rings. The minimum absolute atomic E-state index is 0.772. The van der Waals surface area contributed by atoms with Crippen LogP contribution in [0, 0.1) is 5.92 Å². The van der Waals surface area contributed by atoms with E-state index in [4.69, 9.17) is 4.74 Å². The molecule has 0 N–H and O–H groups in total. The summed E-state index contributed by atoms with van der Waals surface area (Å²) in [7, 11) is 2.12. The van der Waals surface area contributed by atoms with Gasteiger partial charge in [-0.05, 0) is 68.0 Å². The molecule has 3 rings (SSSR count). The molecular weight excluding hydrogens is 370 g/mol. The van der Waals surface area contributed by atoms with Crippen LogP contribution in [0.25, 0.3) is 5.70 Å². The van der Waals surface area contributed by atoms with E-state index < -0.39 is 0 Å². The smallest absolute Gasteiger partial charge is 0.127 e. The van der Waals surface area contributed by atoms with Crippen molar-refractivity contribution in [1.82, 2.24) is 4.90 Å². The van der Waals surface area contributed by atoms with E-state index >= 15 is 0 Å². The minimum Gasteiger partial charge on any atom is -0.457 e. The zero-order valence-electron chi connectivity index (χ0n) is 17.8. The average Bonchev–Trinajstić information content (AvgIpc) is 2.78. The summed E-state index contributed by atoms with van der Waals surface area (Å²) >= 11 is 0. The summed E-state index contributed by atoms with van der Waals surface area (Å²) in [4.78, 5) is 10.7. The van der Waals surface area contributed by atoms with E-state index in [1.807, 2.05) is 73.1 Å². The molecule has 1 saturated carbocycles. The van der Waals surface area contributed by atoms with Crippen LogP contribution in [0.1, 0.15) is 37.7 Å². The quantitative estimate of drug-likeness (QED) is 0.445. The van der Waals surface area contributed by atoms with Crippen LogP contribution in [0.5, 0.6) is 11.5 Å². The molecule has 2 aromatic carbocycles. The summed E-state index contributed by atoms with van der Waals surface area (Å²) in [5.74, 6) is 2.42. The number of rotatable bonds is 9. The standard InChI is InChI=1S/C26H31N3O/c1-27-26(17-18-28-19-20-29(2)21-22-9-5-3-6-10-22)23-13-15-25(16-14-23)30-24-11-7-4-8-12-24/h4,7-8,11-20,22H,1,3,5-6,9-10,21H2,2H3/b20-19-,26-17+,28-18-. The van der Waals surface area contributed by atoms with Crippen LogP contribution in [0.4, 0.5) is 0 Å². The van der Waals surface area contributed by atoms with Crippen LogP contribution in [0.3, 0.4) is 0 Å². The van der Waals surface area contributed by atoms with Gasteiger partial charge in [-0.25, -0.2) is 0 Å². The lowest BCUT2D eigenvalue weighted by Gasteiger charge is -2.25. The third-order valence-corrected chi connectivity index (χ3v) is 5.30. The second kappa shape index (κ2) is 11.8. The molecule has 2 aromatic rings. The maximum absolute atomic E-state index is 5.83. The number of nitrogens with zero attached hydrogens (tertiary/aromatic N) is 3. The van der Waals surface area contributed by atoms with Gasteiger partial charge in [-0.2, -0.15) is 0 Å². The molecule has 0 spiro atoms. The van der Waals surface area contributed by atoms with Gasteiger partial charge in [-0.1, -0.05) is 37.5 Å². The van der Waals surface area contributed by atoms with Crippen molar-refractivity contribution in [3.8, 4) is 11.5 Å². The van der Waals surface area contributed by atoms with Gasteiger partial charge in [0.2, 0.25) is 0 Å². The lowest BCUT2D eigenvalue weighted by atomic mass is 9.89. The zero-order valence-corrected chi connectivity index (χ0v) is 17.8. The lowest BCUT2D eigenvalue weighted by Crippen LogP contribution is -2.22. The number of allylic oxidation sites excluding steroid dienone is 1. The molecule has 0 radical (unpaired) electrons. The maximum atomic E-state index is 5.83. The fourth-order valence-electron chi connectivity index (χ4n) is 3.71. The molecule has 4 heteroatoms. The Bertz CT molecular complexity index is 863. The van der Waals surface area contributed by atoms with Crippen molar-refractivity contribution >= 4 is 18.6 Å². The summed E-state index contributed by atoms with van der Waals surface area (Å²) in [5.41, 5.74) is 1.74. The van der Waals surface area contributed by atoms with E-state index in [0.717, 1.165) is 35.2 Å². The van der Waals surface area contributed by atoms with E-state index in [0.29, 0.717) is 0 Å². The predicted molar refractivity (Wildman–Crippen MR) is 127 cm³/mol. The average molecular weight is 402 g/mol. The van der Waals surface area contributed by atoms with E-state index in [1.54, 1.807) is 6.21 Å². The Balaban J connectivity index is 1.52. The first-order valence-corrected chi connectivity index (χ1v) is 10.6. The first kappa shape index (κ1) is 21.6. The molecule has 0 aromatic heterocycles. The highest BCUT2D eigenvalue weighted by atomic mass is 16.5. The number of ether oxygens (including phenoxy) is 1. The molecular formula is C26H31N3O. The molecule has 0 heterocycles. The van der Waals surface area contributed by atoms with Crippen LogP contribution in [-0.4, -0.2) is 31.4 Å². The molecule has 156 valence electrons. The molecule has 4 nitrogen and oxygen atoms in total. The van der Waals surface area contributed by atoms with Crippen molar-refractivity contribution in [1.29, 1.82) is 0 Å². The fourth-order valence-corrected chi connectivity index (χ4v) is 3.71. The van der Waals surface area contributed by atoms with Crippen LogP contribution in [0.15, 0.2) is 83.1 Å². The predicted octanol–water partition coefficient (Wildman–Crippen LogP) is 6.57. The van der Waals surface area contributed by atoms with Gasteiger partial charge in [-0.15, -0.1) is 0 Å². The summed E-state index contributed by atoms with van der Waals surface area (Å²) in [5, 5.41) is 0. The van der Waals surface area contributed by atoms with Gasteiger partial charge in [0.15, 0.2) is 0 Å². The van der Waals surface area contributed by atoms with E-state index in [1.165, 1.54) is 32.1 Å². The Morgan fingerprint density at radius 2 is 1.73 bits per heavy atom. The minimum atomic E-state index is 0.772. The molecule has 30 heavy (non-hydrogen) atoms. The number of benzene rings is 2.